The minimum atomic E-state index is 0.276. The minimum absolute atomic E-state index is 0.276. The highest BCUT2D eigenvalue weighted by Crippen LogP contribution is 2.29. The van der Waals surface area contributed by atoms with E-state index in [-0.39, 0.29) is 5.41 Å². The van der Waals surface area contributed by atoms with Gasteiger partial charge < -0.3 is 0 Å². The molecule has 0 bridgehead atoms. The van der Waals surface area contributed by atoms with Crippen molar-refractivity contribution in [1.29, 1.82) is 0 Å². The molecule has 1 unspecified atom stereocenters. The maximum atomic E-state index is 4.46. The lowest BCUT2D eigenvalue weighted by molar-refractivity contribution is 0.397. The van der Waals surface area contributed by atoms with Gasteiger partial charge in [-0.25, -0.2) is 4.98 Å². The summed E-state index contributed by atoms with van der Waals surface area (Å²) in [5, 5.41) is 1.14. The molecular weight excluding hydrogens is 260 g/mol. The Labute approximate surface area is 98.4 Å². The summed E-state index contributed by atoms with van der Waals surface area (Å²) in [5.41, 5.74) is 0.276. The van der Waals surface area contributed by atoms with Crippen molar-refractivity contribution in [3.63, 3.8) is 0 Å². The number of alkyl halides is 1. The maximum Gasteiger partial charge on any atom is 0.142 e. The van der Waals surface area contributed by atoms with Gasteiger partial charge in [0.25, 0.3) is 0 Å². The molecule has 2 nitrogen and oxygen atoms in total. The molecule has 0 aliphatic carbocycles. The molecule has 0 N–H and O–H groups in total. The van der Waals surface area contributed by atoms with Gasteiger partial charge in [-0.05, 0) is 16.9 Å². The summed E-state index contributed by atoms with van der Waals surface area (Å²) in [7, 11) is 0. The summed E-state index contributed by atoms with van der Waals surface area (Å²) in [6.45, 7) is 8.78. The highest BCUT2D eigenvalue weighted by atomic mass is 79.9. The molecule has 0 aliphatic rings. The number of aryl methyl sites for hydroxylation is 1. The first-order valence-electron chi connectivity index (χ1n) is 4.89. The predicted octanol–water partition coefficient (Wildman–Crippen LogP) is 3.45. The lowest BCUT2D eigenvalue weighted by Gasteiger charge is -2.24. The van der Waals surface area contributed by atoms with Crippen LogP contribution in [0.3, 0.4) is 0 Å². The zero-order valence-electron chi connectivity index (χ0n) is 9.17. The fraction of sp³-hybridized carbons (Fsp3) is 0.800. The highest BCUT2D eigenvalue weighted by molar-refractivity contribution is 9.09. The van der Waals surface area contributed by atoms with Crippen molar-refractivity contribution in [3.05, 3.63) is 10.8 Å². The average molecular weight is 277 g/mol. The summed E-state index contributed by atoms with van der Waals surface area (Å²) in [5.74, 6) is 0.971. The molecule has 0 amide bonds. The van der Waals surface area contributed by atoms with Crippen molar-refractivity contribution in [1.82, 2.24) is 9.36 Å². The van der Waals surface area contributed by atoms with E-state index in [1.165, 1.54) is 11.5 Å². The lowest BCUT2D eigenvalue weighted by Crippen LogP contribution is -2.22. The third-order valence-electron chi connectivity index (χ3n) is 2.12. The van der Waals surface area contributed by atoms with E-state index >= 15 is 0 Å². The Morgan fingerprint density at radius 1 is 1.43 bits per heavy atom. The SMILES string of the molecule is CCc1nsc(CC(Br)C(C)(C)C)n1. The molecule has 0 radical (unpaired) electrons. The van der Waals surface area contributed by atoms with Crippen LogP contribution in [0.2, 0.25) is 0 Å². The summed E-state index contributed by atoms with van der Waals surface area (Å²) >= 11 is 5.23. The number of aromatic nitrogens is 2. The van der Waals surface area contributed by atoms with Gasteiger partial charge in [0.1, 0.15) is 10.8 Å². The van der Waals surface area contributed by atoms with Crippen molar-refractivity contribution < 1.29 is 0 Å². The number of hydrogen-bond acceptors (Lipinski definition) is 3. The van der Waals surface area contributed by atoms with Crippen LogP contribution >= 0.6 is 27.5 Å². The van der Waals surface area contributed by atoms with E-state index in [1.807, 2.05) is 0 Å². The number of rotatable bonds is 3. The molecule has 1 aromatic rings. The maximum absolute atomic E-state index is 4.46. The second-order valence-electron chi connectivity index (χ2n) is 4.50. The Morgan fingerprint density at radius 3 is 2.50 bits per heavy atom. The monoisotopic (exact) mass is 276 g/mol. The number of nitrogens with zero attached hydrogens (tertiary/aromatic N) is 2. The van der Waals surface area contributed by atoms with Crippen molar-refractivity contribution in [2.24, 2.45) is 5.41 Å². The fourth-order valence-corrected chi connectivity index (χ4v) is 2.27. The lowest BCUT2D eigenvalue weighted by atomic mass is 9.90. The van der Waals surface area contributed by atoms with Gasteiger partial charge >= 0.3 is 0 Å². The number of halogens is 1. The molecule has 0 fully saturated rings. The second-order valence-corrected chi connectivity index (χ2v) is 6.44. The van der Waals surface area contributed by atoms with Gasteiger partial charge in [-0.2, -0.15) is 4.37 Å². The van der Waals surface area contributed by atoms with Crippen LogP contribution in [0, 0.1) is 5.41 Å². The third-order valence-corrected chi connectivity index (χ3v) is 4.59. The molecular formula is C10H17BrN2S. The van der Waals surface area contributed by atoms with Crippen molar-refractivity contribution in [3.8, 4) is 0 Å². The summed E-state index contributed by atoms with van der Waals surface area (Å²) in [4.78, 5) is 4.93. The fourth-order valence-electron chi connectivity index (χ4n) is 0.976. The van der Waals surface area contributed by atoms with Crippen molar-refractivity contribution >= 4 is 27.5 Å². The molecule has 1 aromatic heterocycles. The zero-order chi connectivity index (χ0) is 10.8. The Balaban J connectivity index is 2.60. The first kappa shape index (κ1) is 12.1. The first-order valence-corrected chi connectivity index (χ1v) is 6.58. The van der Waals surface area contributed by atoms with Gasteiger partial charge in [-0.1, -0.05) is 43.6 Å². The normalized spacial score (nSPS) is 14.4. The van der Waals surface area contributed by atoms with E-state index in [1.54, 1.807) is 0 Å². The average Bonchev–Trinajstić information content (AvgIpc) is 2.50. The second kappa shape index (κ2) is 4.71. The van der Waals surface area contributed by atoms with Crippen LogP contribution < -0.4 is 0 Å². The van der Waals surface area contributed by atoms with Gasteiger partial charge in [0.2, 0.25) is 0 Å². The van der Waals surface area contributed by atoms with Crippen molar-refractivity contribution in [2.75, 3.05) is 0 Å². The Hall–Kier alpha value is 0.0400. The third kappa shape index (κ3) is 3.31. The summed E-state index contributed by atoms with van der Waals surface area (Å²) in [6, 6.07) is 0. The van der Waals surface area contributed by atoms with Crippen LogP contribution in [0.15, 0.2) is 0 Å². The largest absolute Gasteiger partial charge is 0.225 e. The quantitative estimate of drug-likeness (QED) is 0.791. The van der Waals surface area contributed by atoms with Crippen molar-refractivity contribution in [2.45, 2.75) is 45.4 Å². The molecule has 14 heavy (non-hydrogen) atoms. The van der Waals surface area contributed by atoms with E-state index in [9.17, 15) is 0 Å². The number of hydrogen-bond donors (Lipinski definition) is 0. The van der Waals surface area contributed by atoms with Gasteiger partial charge in [0.05, 0.1) is 0 Å². The topological polar surface area (TPSA) is 25.8 Å². The van der Waals surface area contributed by atoms with Crippen LogP contribution in [-0.2, 0) is 12.8 Å². The van der Waals surface area contributed by atoms with Crippen LogP contribution in [0.5, 0.6) is 0 Å². The predicted molar refractivity (Wildman–Crippen MR) is 65.2 cm³/mol. The van der Waals surface area contributed by atoms with Gasteiger partial charge in [0, 0.05) is 17.7 Å². The Morgan fingerprint density at radius 2 is 2.07 bits per heavy atom. The first-order chi connectivity index (χ1) is 6.43. The van der Waals surface area contributed by atoms with Crippen LogP contribution in [0.25, 0.3) is 0 Å². The Kier molecular flexibility index (Phi) is 4.07. The molecule has 1 heterocycles. The Bertz CT molecular complexity index is 291. The molecule has 0 aromatic carbocycles. The molecule has 0 saturated carbocycles. The smallest absolute Gasteiger partial charge is 0.142 e. The molecule has 0 spiro atoms. The van der Waals surface area contributed by atoms with E-state index < -0.39 is 0 Å². The van der Waals surface area contributed by atoms with E-state index in [4.69, 9.17) is 0 Å². The van der Waals surface area contributed by atoms with Crippen LogP contribution in [0.4, 0.5) is 0 Å². The van der Waals surface area contributed by atoms with Crippen LogP contribution in [-0.4, -0.2) is 14.2 Å². The zero-order valence-corrected chi connectivity index (χ0v) is 11.6. The molecule has 80 valence electrons. The highest BCUT2D eigenvalue weighted by Gasteiger charge is 2.23. The minimum Gasteiger partial charge on any atom is -0.225 e. The molecule has 1 atom stereocenters. The molecule has 4 heteroatoms. The van der Waals surface area contributed by atoms with E-state index in [0.717, 1.165) is 23.7 Å². The van der Waals surface area contributed by atoms with Crippen LogP contribution in [0.1, 0.15) is 38.5 Å². The molecule has 0 saturated heterocycles. The van der Waals surface area contributed by atoms with E-state index in [2.05, 4.69) is 53.0 Å². The molecule has 1 rings (SSSR count). The van der Waals surface area contributed by atoms with Gasteiger partial charge in [-0.15, -0.1) is 0 Å². The molecule has 0 aliphatic heterocycles. The van der Waals surface area contributed by atoms with Gasteiger partial charge in [0.15, 0.2) is 0 Å². The van der Waals surface area contributed by atoms with E-state index in [0.29, 0.717) is 4.83 Å². The standard InChI is InChI=1S/C10H17BrN2S/c1-5-8-12-9(14-13-8)6-7(11)10(2,3)4/h7H,5-6H2,1-4H3. The summed E-state index contributed by atoms with van der Waals surface area (Å²) < 4.78 is 4.28. The summed E-state index contributed by atoms with van der Waals surface area (Å²) in [6.07, 6.45) is 1.90. The van der Waals surface area contributed by atoms with Gasteiger partial charge in [-0.3, -0.25) is 0 Å².